The minimum Gasteiger partial charge on any atom is -0.352 e. The molecule has 0 fully saturated rings. The number of aryl methyl sites for hydroxylation is 1. The van der Waals surface area contributed by atoms with Crippen molar-refractivity contribution in [1.29, 1.82) is 0 Å². The third-order valence-electron chi connectivity index (χ3n) is 3.73. The zero-order valence-electron chi connectivity index (χ0n) is 13.6. The molecule has 0 aliphatic heterocycles. The molecule has 6 heteroatoms. The molecule has 1 amide bonds. The number of carbonyl (C=O) groups is 1. The van der Waals surface area contributed by atoms with E-state index in [1.807, 2.05) is 30.3 Å². The second kappa shape index (κ2) is 8.19. The number of rotatable bonds is 7. The number of aromatic nitrogens is 2. The van der Waals surface area contributed by atoms with Crippen LogP contribution in [0.4, 0.5) is 4.39 Å². The fourth-order valence-corrected chi connectivity index (χ4v) is 2.39. The number of nitrogens with one attached hydrogen (secondary N) is 1. The highest BCUT2D eigenvalue weighted by Gasteiger charge is 2.09. The number of amides is 1. The summed E-state index contributed by atoms with van der Waals surface area (Å²) in [5.41, 5.74) is 1.36. The lowest BCUT2D eigenvalue weighted by Gasteiger charge is -2.05. The highest BCUT2D eigenvalue weighted by Crippen LogP contribution is 2.15. The topological polar surface area (TPSA) is 68.0 Å². The van der Waals surface area contributed by atoms with Crippen molar-refractivity contribution < 1.29 is 13.7 Å². The second-order valence-corrected chi connectivity index (χ2v) is 5.60. The third-order valence-corrected chi connectivity index (χ3v) is 3.73. The Kier molecular flexibility index (Phi) is 5.51. The van der Waals surface area contributed by atoms with Crippen LogP contribution in [-0.4, -0.2) is 16.0 Å². The van der Waals surface area contributed by atoms with E-state index < -0.39 is 0 Å². The molecule has 1 N–H and O–H groups in total. The summed E-state index contributed by atoms with van der Waals surface area (Å²) in [7, 11) is 0. The molecule has 0 atom stereocenters. The van der Waals surface area contributed by atoms with Crippen molar-refractivity contribution in [3.05, 3.63) is 71.9 Å². The van der Waals surface area contributed by atoms with Gasteiger partial charge in [0.25, 0.3) is 0 Å². The maximum Gasteiger partial charge on any atom is 0.226 e. The maximum absolute atomic E-state index is 13.5. The van der Waals surface area contributed by atoms with Gasteiger partial charge in [0.2, 0.25) is 17.6 Å². The average molecular weight is 339 g/mol. The maximum atomic E-state index is 13.5. The number of hydrogen-bond donors (Lipinski definition) is 1. The molecule has 0 unspecified atom stereocenters. The summed E-state index contributed by atoms with van der Waals surface area (Å²) < 4.78 is 18.7. The predicted molar refractivity (Wildman–Crippen MR) is 90.9 cm³/mol. The van der Waals surface area contributed by atoms with Crippen LogP contribution >= 0.6 is 0 Å². The lowest BCUT2D eigenvalue weighted by molar-refractivity contribution is -0.121. The van der Waals surface area contributed by atoms with E-state index >= 15 is 0 Å². The van der Waals surface area contributed by atoms with Crippen LogP contribution < -0.4 is 5.32 Å². The van der Waals surface area contributed by atoms with Crippen molar-refractivity contribution in [1.82, 2.24) is 15.5 Å². The quantitative estimate of drug-likeness (QED) is 0.715. The fourth-order valence-electron chi connectivity index (χ4n) is 2.39. The largest absolute Gasteiger partial charge is 0.352 e. The molecular weight excluding hydrogens is 321 g/mol. The number of hydrogen-bond acceptors (Lipinski definition) is 4. The Morgan fingerprint density at radius 1 is 1.08 bits per heavy atom. The van der Waals surface area contributed by atoms with Gasteiger partial charge in [-0.3, -0.25) is 4.79 Å². The van der Waals surface area contributed by atoms with E-state index in [-0.39, 0.29) is 18.3 Å². The van der Waals surface area contributed by atoms with Gasteiger partial charge in [-0.1, -0.05) is 53.7 Å². The Morgan fingerprint density at radius 2 is 1.84 bits per heavy atom. The van der Waals surface area contributed by atoms with Crippen molar-refractivity contribution in [2.75, 3.05) is 0 Å². The van der Waals surface area contributed by atoms with Crippen LogP contribution in [0.1, 0.15) is 24.3 Å². The normalized spacial score (nSPS) is 10.6. The summed E-state index contributed by atoms with van der Waals surface area (Å²) in [5.74, 6) is 0.591. The first kappa shape index (κ1) is 16.8. The van der Waals surface area contributed by atoms with E-state index in [1.54, 1.807) is 18.2 Å². The highest BCUT2D eigenvalue weighted by molar-refractivity contribution is 5.75. The highest BCUT2D eigenvalue weighted by atomic mass is 19.1. The van der Waals surface area contributed by atoms with Crippen LogP contribution in [-0.2, 0) is 17.8 Å². The van der Waals surface area contributed by atoms with E-state index in [9.17, 15) is 9.18 Å². The zero-order valence-corrected chi connectivity index (χ0v) is 13.6. The smallest absolute Gasteiger partial charge is 0.226 e. The Morgan fingerprint density at radius 3 is 2.64 bits per heavy atom. The van der Waals surface area contributed by atoms with Gasteiger partial charge in [-0.15, -0.1) is 0 Å². The van der Waals surface area contributed by atoms with Crippen molar-refractivity contribution >= 4 is 5.91 Å². The summed E-state index contributed by atoms with van der Waals surface area (Å²) >= 11 is 0. The van der Waals surface area contributed by atoms with Crippen molar-refractivity contribution in [2.24, 2.45) is 0 Å². The predicted octanol–water partition coefficient (Wildman–Crippen LogP) is 3.51. The number of halogens is 1. The van der Waals surface area contributed by atoms with Gasteiger partial charge in [-0.25, -0.2) is 4.39 Å². The van der Waals surface area contributed by atoms with Gasteiger partial charge in [0, 0.05) is 30.5 Å². The summed E-state index contributed by atoms with van der Waals surface area (Å²) in [6.07, 6.45) is 1.42. The SMILES string of the molecule is O=C(CCCc1nc(-c2ccccc2)no1)NCc1ccccc1F. The summed E-state index contributed by atoms with van der Waals surface area (Å²) in [6, 6.07) is 15.9. The molecule has 0 spiro atoms. The molecule has 0 radical (unpaired) electrons. The molecule has 0 saturated carbocycles. The minimum atomic E-state index is -0.317. The molecule has 1 heterocycles. The Bertz CT molecular complexity index is 833. The first-order valence-electron chi connectivity index (χ1n) is 8.10. The van der Waals surface area contributed by atoms with E-state index in [0.717, 1.165) is 5.56 Å². The van der Waals surface area contributed by atoms with Crippen molar-refractivity contribution in [3.63, 3.8) is 0 Å². The van der Waals surface area contributed by atoms with Gasteiger partial charge in [0.1, 0.15) is 5.82 Å². The summed E-state index contributed by atoms with van der Waals surface area (Å²) in [5, 5.41) is 6.65. The molecule has 5 nitrogen and oxygen atoms in total. The molecule has 128 valence electrons. The van der Waals surface area contributed by atoms with Crippen LogP contribution in [0.25, 0.3) is 11.4 Å². The van der Waals surface area contributed by atoms with Crippen LogP contribution in [0.15, 0.2) is 59.1 Å². The van der Waals surface area contributed by atoms with E-state index in [0.29, 0.717) is 36.5 Å². The zero-order chi connectivity index (χ0) is 17.5. The Labute approximate surface area is 144 Å². The van der Waals surface area contributed by atoms with Crippen LogP contribution in [0.2, 0.25) is 0 Å². The van der Waals surface area contributed by atoms with E-state index in [1.165, 1.54) is 6.07 Å². The van der Waals surface area contributed by atoms with Gasteiger partial charge in [0.15, 0.2) is 0 Å². The molecule has 3 rings (SSSR count). The fraction of sp³-hybridized carbons (Fsp3) is 0.211. The molecule has 0 bridgehead atoms. The summed E-state index contributed by atoms with van der Waals surface area (Å²) in [6.45, 7) is 0.185. The van der Waals surface area contributed by atoms with Gasteiger partial charge in [0.05, 0.1) is 0 Å². The van der Waals surface area contributed by atoms with Gasteiger partial charge < -0.3 is 9.84 Å². The lowest BCUT2D eigenvalue weighted by atomic mass is 10.2. The Hall–Kier alpha value is -3.02. The second-order valence-electron chi connectivity index (χ2n) is 5.60. The Balaban J connectivity index is 1.43. The monoisotopic (exact) mass is 339 g/mol. The number of benzene rings is 2. The molecule has 0 saturated heterocycles. The minimum absolute atomic E-state index is 0.133. The average Bonchev–Trinajstić information content (AvgIpc) is 3.11. The van der Waals surface area contributed by atoms with Crippen molar-refractivity contribution in [3.8, 4) is 11.4 Å². The lowest BCUT2D eigenvalue weighted by Crippen LogP contribution is -2.23. The van der Waals surface area contributed by atoms with E-state index in [4.69, 9.17) is 4.52 Å². The van der Waals surface area contributed by atoms with Crippen LogP contribution in [0, 0.1) is 5.82 Å². The van der Waals surface area contributed by atoms with Gasteiger partial charge in [-0.2, -0.15) is 4.98 Å². The molecule has 0 aliphatic carbocycles. The van der Waals surface area contributed by atoms with Crippen LogP contribution in [0.3, 0.4) is 0 Å². The van der Waals surface area contributed by atoms with Crippen molar-refractivity contribution in [2.45, 2.75) is 25.8 Å². The number of carbonyl (C=O) groups excluding carboxylic acids is 1. The molecule has 3 aromatic rings. The van der Waals surface area contributed by atoms with Crippen LogP contribution in [0.5, 0.6) is 0 Å². The molecule has 1 aromatic heterocycles. The first-order chi connectivity index (χ1) is 12.2. The molecule has 25 heavy (non-hydrogen) atoms. The standard InChI is InChI=1S/C19H18FN3O2/c20-16-10-5-4-9-15(16)13-21-17(24)11-6-12-18-22-19(23-25-18)14-7-2-1-3-8-14/h1-5,7-10H,6,11-13H2,(H,21,24). The van der Waals surface area contributed by atoms with E-state index in [2.05, 4.69) is 15.5 Å². The van der Waals surface area contributed by atoms with Gasteiger partial charge in [-0.05, 0) is 12.5 Å². The van der Waals surface area contributed by atoms with Gasteiger partial charge >= 0.3 is 0 Å². The molecular formula is C19H18FN3O2. The summed E-state index contributed by atoms with van der Waals surface area (Å²) in [4.78, 5) is 16.2. The molecule has 0 aliphatic rings. The molecule has 2 aromatic carbocycles. The number of nitrogens with zero attached hydrogens (tertiary/aromatic N) is 2. The third kappa shape index (κ3) is 4.73. The first-order valence-corrected chi connectivity index (χ1v) is 8.10.